The molecular weight excluding hydrogens is 388 g/mol. The molecule has 5 rings (SSSR count). The quantitative estimate of drug-likeness (QED) is 0.634. The maximum Gasteiger partial charge on any atom is 0.249 e. The Morgan fingerprint density at radius 3 is 2.61 bits per heavy atom. The first-order chi connectivity index (χ1) is 15.2. The Morgan fingerprint density at radius 1 is 1.10 bits per heavy atom. The van der Waals surface area contributed by atoms with Crippen LogP contribution in [0, 0.1) is 0 Å². The highest BCUT2D eigenvalue weighted by atomic mass is 16.2. The smallest absolute Gasteiger partial charge is 0.249 e. The maximum atomic E-state index is 13.1. The second-order valence-corrected chi connectivity index (χ2v) is 8.46. The minimum atomic E-state index is -0.171. The maximum absolute atomic E-state index is 13.1. The molecule has 7 heteroatoms. The summed E-state index contributed by atoms with van der Waals surface area (Å²) in [7, 11) is 1.83. The number of hydrogen-bond acceptors (Lipinski definition) is 5. The van der Waals surface area contributed by atoms with E-state index in [2.05, 4.69) is 33.9 Å². The van der Waals surface area contributed by atoms with E-state index in [0.29, 0.717) is 12.0 Å². The molecule has 0 unspecified atom stereocenters. The molecule has 1 amide bonds. The third-order valence-electron chi connectivity index (χ3n) is 6.56. The van der Waals surface area contributed by atoms with Crippen LogP contribution in [-0.4, -0.2) is 44.6 Å². The molecule has 31 heavy (non-hydrogen) atoms. The van der Waals surface area contributed by atoms with Crippen molar-refractivity contribution in [2.45, 2.75) is 57.5 Å². The predicted octanol–water partition coefficient (Wildman–Crippen LogP) is 3.76. The van der Waals surface area contributed by atoms with E-state index in [-0.39, 0.29) is 11.9 Å². The number of aromatic nitrogens is 4. The Balaban J connectivity index is 1.56. The van der Waals surface area contributed by atoms with Gasteiger partial charge in [-0.2, -0.15) is 4.98 Å². The summed E-state index contributed by atoms with van der Waals surface area (Å²) in [5.41, 5.74) is 3.03. The summed E-state index contributed by atoms with van der Waals surface area (Å²) in [6.45, 7) is 2.08. The molecule has 1 aliphatic carbocycles. The number of imidazole rings is 1. The van der Waals surface area contributed by atoms with Crippen LogP contribution in [0.5, 0.6) is 0 Å². The number of carbonyl (C=O) groups excluding carboxylic acids is 1. The Hall–Kier alpha value is -3.22. The van der Waals surface area contributed by atoms with E-state index in [1.54, 1.807) is 17.4 Å². The molecule has 160 valence electrons. The van der Waals surface area contributed by atoms with E-state index in [1.807, 2.05) is 36.0 Å². The summed E-state index contributed by atoms with van der Waals surface area (Å²) in [5, 5.41) is 0. The van der Waals surface area contributed by atoms with Crippen molar-refractivity contribution in [3.8, 4) is 5.95 Å². The first-order valence-corrected chi connectivity index (χ1v) is 11.2. The van der Waals surface area contributed by atoms with Gasteiger partial charge in [0.1, 0.15) is 18.1 Å². The number of rotatable bonds is 5. The summed E-state index contributed by atoms with van der Waals surface area (Å²) in [5.74, 6) is 1.60. The zero-order valence-electron chi connectivity index (χ0n) is 18.1. The predicted molar refractivity (Wildman–Crippen MR) is 121 cm³/mol. The molecule has 1 fully saturated rings. The number of benzene rings is 1. The molecule has 0 N–H and O–H groups in total. The summed E-state index contributed by atoms with van der Waals surface area (Å²) < 4.78 is 1.96. The number of amides is 1. The molecule has 0 bridgehead atoms. The molecule has 0 radical (unpaired) electrons. The van der Waals surface area contributed by atoms with Gasteiger partial charge in [-0.05, 0) is 24.8 Å². The van der Waals surface area contributed by atoms with Gasteiger partial charge in [0.2, 0.25) is 11.9 Å². The van der Waals surface area contributed by atoms with Gasteiger partial charge >= 0.3 is 0 Å². The van der Waals surface area contributed by atoms with Gasteiger partial charge in [-0.25, -0.2) is 9.97 Å². The number of hydrogen-bond donors (Lipinski definition) is 0. The lowest BCUT2D eigenvalue weighted by molar-refractivity contribution is -0.120. The third-order valence-corrected chi connectivity index (χ3v) is 6.56. The van der Waals surface area contributed by atoms with Crippen LogP contribution in [0.4, 0.5) is 11.5 Å². The first-order valence-electron chi connectivity index (χ1n) is 11.2. The highest BCUT2D eigenvalue weighted by molar-refractivity contribution is 6.04. The zero-order valence-corrected chi connectivity index (χ0v) is 18.1. The normalized spacial score (nSPS) is 19.2. The van der Waals surface area contributed by atoms with Crippen LogP contribution in [0.3, 0.4) is 0 Å². The van der Waals surface area contributed by atoms with Gasteiger partial charge in [0.25, 0.3) is 0 Å². The van der Waals surface area contributed by atoms with E-state index in [1.165, 1.54) is 18.4 Å². The number of anilines is 2. The van der Waals surface area contributed by atoms with Gasteiger partial charge in [-0.1, -0.05) is 50.1 Å². The van der Waals surface area contributed by atoms with E-state index < -0.39 is 0 Å². The molecule has 1 aliphatic heterocycles. The number of fused-ring (bicyclic) bond motifs is 1. The first kappa shape index (κ1) is 19.7. The molecule has 2 aliphatic rings. The Morgan fingerprint density at radius 2 is 1.87 bits per heavy atom. The highest BCUT2D eigenvalue weighted by Crippen LogP contribution is 2.39. The van der Waals surface area contributed by atoms with Crippen LogP contribution in [0.1, 0.15) is 50.3 Å². The van der Waals surface area contributed by atoms with Crippen molar-refractivity contribution in [2.24, 2.45) is 0 Å². The van der Waals surface area contributed by atoms with E-state index >= 15 is 0 Å². The van der Waals surface area contributed by atoms with Crippen LogP contribution < -0.4 is 9.80 Å². The van der Waals surface area contributed by atoms with Gasteiger partial charge < -0.3 is 9.80 Å². The van der Waals surface area contributed by atoms with Gasteiger partial charge in [0.05, 0.1) is 6.20 Å². The fraction of sp³-hybridized carbons (Fsp3) is 0.417. The van der Waals surface area contributed by atoms with Gasteiger partial charge in [-0.15, -0.1) is 0 Å². The molecule has 2 aromatic heterocycles. The minimum Gasteiger partial charge on any atom is -0.340 e. The SMILES string of the molecule is CC[C@@H]1C(=O)N(C)c2cnc(-n3cncc3Cc3ccccc3)nc2N1C1CCCC1. The summed E-state index contributed by atoms with van der Waals surface area (Å²) in [6, 6.07) is 10.5. The lowest BCUT2D eigenvalue weighted by Crippen LogP contribution is -2.55. The van der Waals surface area contributed by atoms with E-state index in [4.69, 9.17) is 4.98 Å². The molecule has 1 atom stereocenters. The van der Waals surface area contributed by atoms with Gasteiger partial charge in [-0.3, -0.25) is 9.36 Å². The average molecular weight is 417 g/mol. The van der Waals surface area contributed by atoms with E-state index in [9.17, 15) is 4.79 Å². The third kappa shape index (κ3) is 3.48. The summed E-state index contributed by atoms with van der Waals surface area (Å²) in [4.78, 5) is 31.1. The standard InChI is InChI=1S/C24H28N6O/c1-3-20-23(31)28(2)21-15-26-24(27-22(21)30(20)18-11-7-8-12-18)29-16-25-14-19(29)13-17-9-5-4-6-10-17/h4-6,9-10,14-16,18,20H,3,7-8,11-13H2,1-2H3/t20-/m1/s1. The fourth-order valence-corrected chi connectivity index (χ4v) is 4.93. The Labute approximate surface area is 182 Å². The Kier molecular flexibility index (Phi) is 5.18. The van der Waals surface area contributed by atoms with Crippen molar-refractivity contribution in [1.82, 2.24) is 19.5 Å². The second kappa shape index (κ2) is 8.13. The minimum absolute atomic E-state index is 0.130. The van der Waals surface area contributed by atoms with Crippen molar-refractivity contribution >= 4 is 17.4 Å². The van der Waals surface area contributed by atoms with Crippen molar-refractivity contribution in [3.05, 3.63) is 60.3 Å². The fourth-order valence-electron chi connectivity index (χ4n) is 4.93. The average Bonchev–Trinajstić information content (AvgIpc) is 3.49. The lowest BCUT2D eigenvalue weighted by atomic mass is 10.0. The van der Waals surface area contributed by atoms with Crippen LogP contribution in [0.25, 0.3) is 5.95 Å². The molecule has 7 nitrogen and oxygen atoms in total. The zero-order chi connectivity index (χ0) is 21.4. The molecular formula is C24H28N6O. The topological polar surface area (TPSA) is 67.2 Å². The van der Waals surface area contributed by atoms with Crippen molar-refractivity contribution in [1.29, 1.82) is 0 Å². The Bertz CT molecular complexity index is 1070. The lowest BCUT2D eigenvalue weighted by Gasteiger charge is -2.43. The van der Waals surface area contributed by atoms with Gasteiger partial charge in [0, 0.05) is 31.4 Å². The largest absolute Gasteiger partial charge is 0.340 e. The van der Waals surface area contributed by atoms with E-state index in [0.717, 1.165) is 42.9 Å². The molecule has 3 heterocycles. The number of nitrogens with zero attached hydrogens (tertiary/aromatic N) is 6. The summed E-state index contributed by atoms with van der Waals surface area (Å²) in [6.07, 6.45) is 11.6. The van der Waals surface area contributed by atoms with Crippen LogP contribution in [0.15, 0.2) is 49.1 Å². The molecule has 1 saturated carbocycles. The van der Waals surface area contributed by atoms with Crippen molar-refractivity contribution in [2.75, 3.05) is 16.8 Å². The van der Waals surface area contributed by atoms with Gasteiger partial charge in [0.15, 0.2) is 5.82 Å². The van der Waals surface area contributed by atoms with Crippen molar-refractivity contribution < 1.29 is 4.79 Å². The molecule has 0 saturated heterocycles. The molecule has 1 aromatic carbocycles. The molecule has 0 spiro atoms. The van der Waals surface area contributed by atoms with Crippen LogP contribution in [0.2, 0.25) is 0 Å². The number of carbonyl (C=O) groups is 1. The molecule has 3 aromatic rings. The van der Waals surface area contributed by atoms with Crippen LogP contribution in [-0.2, 0) is 11.2 Å². The monoisotopic (exact) mass is 416 g/mol. The summed E-state index contributed by atoms with van der Waals surface area (Å²) >= 11 is 0. The van der Waals surface area contributed by atoms with Crippen LogP contribution >= 0.6 is 0 Å². The number of likely N-dealkylation sites (N-methyl/N-ethyl adjacent to an activating group) is 1. The highest BCUT2D eigenvalue weighted by Gasteiger charge is 2.41. The van der Waals surface area contributed by atoms with Crippen molar-refractivity contribution in [3.63, 3.8) is 0 Å². The second-order valence-electron chi connectivity index (χ2n) is 8.46.